The number of hydrogen-bond donors (Lipinski definition) is 0. The van der Waals surface area contributed by atoms with E-state index in [1.165, 1.54) is 12.8 Å². The molecule has 404 valence electrons. The number of fused-ring (bicyclic) bond motifs is 11. The molecule has 5 aromatic carbocycles. The van der Waals surface area contributed by atoms with Crippen LogP contribution in [0.5, 0.6) is 81.0 Å². The van der Waals surface area contributed by atoms with Crippen molar-refractivity contribution in [2.24, 2.45) is 0 Å². The molecule has 16 nitrogen and oxygen atoms in total. The van der Waals surface area contributed by atoms with Crippen LogP contribution >= 0.6 is 0 Å². The Labute approximate surface area is 450 Å². The van der Waals surface area contributed by atoms with Gasteiger partial charge in [-0.05, 0) is 73.5 Å². The first-order valence-corrected chi connectivity index (χ1v) is 26.1. The molecule has 2 aromatic heterocycles. The van der Waals surface area contributed by atoms with Gasteiger partial charge in [-0.15, -0.1) is 0 Å². The van der Waals surface area contributed by atoms with Crippen molar-refractivity contribution in [3.8, 4) is 81.0 Å². The fourth-order valence-electron chi connectivity index (χ4n) is 10.1. The molecule has 9 aliphatic carbocycles. The van der Waals surface area contributed by atoms with Crippen LogP contribution in [0.1, 0.15) is 107 Å². The summed E-state index contributed by atoms with van der Waals surface area (Å²) in [7, 11) is 13.3. The summed E-state index contributed by atoms with van der Waals surface area (Å²) < 4.78 is 75.0. The van der Waals surface area contributed by atoms with Crippen LogP contribution in [0.3, 0.4) is 0 Å². The molecule has 11 aliphatic rings. The summed E-state index contributed by atoms with van der Waals surface area (Å²) in [6, 6.07) is 19.9. The van der Waals surface area contributed by atoms with Crippen molar-refractivity contribution in [2.45, 2.75) is 83.5 Å². The molecule has 18 rings (SSSR count). The Morgan fingerprint density at radius 3 is 0.779 bits per heavy atom. The Morgan fingerprint density at radius 1 is 0.286 bits per heavy atom. The van der Waals surface area contributed by atoms with E-state index in [1.54, 1.807) is 81.7 Å². The number of rotatable bonds is 8. The van der Waals surface area contributed by atoms with Crippen molar-refractivity contribution in [1.29, 1.82) is 0 Å². The first kappa shape index (κ1) is 53.7. The van der Waals surface area contributed by atoms with Gasteiger partial charge >= 0.3 is 0 Å². The third-order valence-electron chi connectivity index (χ3n) is 14.0. The van der Waals surface area contributed by atoms with E-state index < -0.39 is 0 Å². The molecule has 77 heavy (non-hydrogen) atoms. The summed E-state index contributed by atoms with van der Waals surface area (Å²) in [6.45, 7) is 1.03. The third-order valence-corrected chi connectivity index (χ3v) is 14.0. The van der Waals surface area contributed by atoms with Gasteiger partial charge in [0.2, 0.25) is 23.5 Å². The first-order valence-electron chi connectivity index (χ1n) is 26.1. The fraction of sp³-hybridized carbons (Fsp3) is 0.377. The summed E-state index contributed by atoms with van der Waals surface area (Å²) in [6.07, 6.45) is 16.8. The lowest BCUT2D eigenvalue weighted by Crippen LogP contribution is -2.06. The van der Waals surface area contributed by atoms with Gasteiger partial charge in [-0.2, -0.15) is 9.97 Å². The normalized spacial score (nSPS) is 14.1. The Bertz CT molecular complexity index is 2960. The zero-order valence-electron chi connectivity index (χ0n) is 45.4. The average molecular weight is 1050 g/mol. The van der Waals surface area contributed by atoms with E-state index in [0.717, 1.165) is 94.2 Å². The minimum atomic E-state index is 0.247. The Kier molecular flexibility index (Phi) is 17.8. The van der Waals surface area contributed by atoms with E-state index in [2.05, 4.69) is 9.97 Å². The molecule has 0 amide bonds. The maximum atomic E-state index is 6.82. The highest BCUT2D eigenvalue weighted by atomic mass is 16.5. The number of methoxy groups -OCH3 is 8. The topological polar surface area (TPSA) is 162 Å². The van der Waals surface area contributed by atoms with E-state index >= 15 is 0 Å². The van der Waals surface area contributed by atoms with Gasteiger partial charge in [0.05, 0.1) is 94.9 Å². The number of hydrogen-bond acceptors (Lipinski definition) is 16. The quantitative estimate of drug-likeness (QED) is 0.141. The zero-order valence-corrected chi connectivity index (χ0v) is 45.4. The minimum Gasteiger partial charge on any atom is -0.496 e. The summed E-state index contributed by atoms with van der Waals surface area (Å²) in [5.74, 6) is 7.45. The maximum absolute atomic E-state index is 6.82. The number of ether oxygens (including phenoxy) is 12. The Balaban J connectivity index is 1.26. The number of aromatic nitrogens is 4. The van der Waals surface area contributed by atoms with Crippen LogP contribution in [0.4, 0.5) is 0 Å². The fourth-order valence-corrected chi connectivity index (χ4v) is 10.1. The van der Waals surface area contributed by atoms with E-state index in [1.807, 2.05) is 60.7 Å². The minimum absolute atomic E-state index is 0.247. The van der Waals surface area contributed by atoms with Gasteiger partial charge in [0.1, 0.15) is 57.5 Å². The van der Waals surface area contributed by atoms with E-state index in [-0.39, 0.29) is 11.8 Å². The molecular weight excluding hydrogens is 981 g/mol. The highest BCUT2D eigenvalue weighted by Gasteiger charge is 2.25. The van der Waals surface area contributed by atoms with Crippen molar-refractivity contribution < 1.29 is 56.8 Å². The van der Waals surface area contributed by atoms with Gasteiger partial charge in [0, 0.05) is 87.7 Å². The van der Waals surface area contributed by atoms with Crippen LogP contribution in [-0.2, 0) is 32.1 Å². The molecule has 0 fully saturated rings. The average Bonchev–Trinajstić information content (AvgIpc) is 3.44. The number of nitrogens with zero attached hydrogens (tertiary/aromatic N) is 4. The summed E-state index contributed by atoms with van der Waals surface area (Å²) in [4.78, 5) is 18.5. The van der Waals surface area contributed by atoms with Gasteiger partial charge in [0.25, 0.3) is 0 Å². The predicted octanol–water partition coefficient (Wildman–Crippen LogP) is 12.1. The molecule has 0 saturated heterocycles. The van der Waals surface area contributed by atoms with Crippen molar-refractivity contribution in [2.75, 3.05) is 70.1 Å². The maximum Gasteiger partial charge on any atom is 0.241 e. The van der Waals surface area contributed by atoms with E-state index in [4.69, 9.17) is 66.8 Å². The summed E-state index contributed by atoms with van der Waals surface area (Å²) >= 11 is 0. The lowest BCUT2D eigenvalue weighted by atomic mass is 9.94. The predicted molar refractivity (Wildman–Crippen MR) is 291 cm³/mol. The second-order valence-corrected chi connectivity index (χ2v) is 19.0. The third kappa shape index (κ3) is 12.9. The smallest absolute Gasteiger partial charge is 0.241 e. The molecule has 4 heterocycles. The number of benzene rings is 5. The van der Waals surface area contributed by atoms with Crippen molar-refractivity contribution >= 4 is 0 Å². The van der Waals surface area contributed by atoms with Crippen molar-refractivity contribution in [1.82, 2.24) is 19.9 Å². The molecule has 0 unspecified atom stereocenters. The highest BCUT2D eigenvalue weighted by Crippen LogP contribution is 2.44. The molecule has 0 radical (unpaired) electrons. The summed E-state index contributed by atoms with van der Waals surface area (Å²) in [5, 5.41) is 0. The molecular formula is C61H68N4O12. The molecule has 0 saturated carbocycles. The molecule has 2 aliphatic heterocycles. The van der Waals surface area contributed by atoms with Crippen LogP contribution in [-0.4, -0.2) is 90.0 Å². The van der Waals surface area contributed by atoms with Gasteiger partial charge in [-0.3, -0.25) is 9.97 Å². The lowest BCUT2D eigenvalue weighted by Gasteiger charge is -2.21. The van der Waals surface area contributed by atoms with Gasteiger partial charge in [-0.1, -0.05) is 38.5 Å². The van der Waals surface area contributed by atoms with Crippen LogP contribution < -0.4 is 56.8 Å². The molecule has 0 atom stereocenters. The zero-order chi connectivity index (χ0) is 53.7. The molecule has 0 spiro atoms. The van der Waals surface area contributed by atoms with Crippen LogP contribution in [0, 0.1) is 0 Å². The standard InChI is InChI=1S/C61H68N4O12/c1-66-48-26-40-20-42-28-54(72-7)44(30-52(42)70-5)22-46-32-57-47(23-45-31-53(71-6)43(29-55(45)73-8)21-41-27-49(67-2)39(25-51(41)69-4)19-38(48)24-50(40)68-3)33-56(46)76-60-36-62-34-58(64-60)74-17-15-13-11-9-10-12-14-16-18-75-59-35-63-37-61(65-59)77-57/h24-37H,9-23H2,1-8H3. The molecule has 16 bridgehead atoms. The van der Waals surface area contributed by atoms with Crippen molar-refractivity contribution in [3.05, 3.63) is 141 Å². The monoisotopic (exact) mass is 1050 g/mol. The second kappa shape index (κ2) is 25.6. The summed E-state index contributed by atoms with van der Waals surface area (Å²) in [5.41, 5.74) is 8.37. The largest absolute Gasteiger partial charge is 0.496 e. The van der Waals surface area contributed by atoms with Gasteiger partial charge in [0.15, 0.2) is 0 Å². The Morgan fingerprint density at radius 2 is 0.519 bits per heavy atom. The molecule has 7 aromatic rings. The Hall–Kier alpha value is -8.14. The van der Waals surface area contributed by atoms with Crippen molar-refractivity contribution in [3.63, 3.8) is 0 Å². The van der Waals surface area contributed by atoms with Crippen LogP contribution in [0.15, 0.2) is 85.5 Å². The highest BCUT2D eigenvalue weighted by molar-refractivity contribution is 5.60. The van der Waals surface area contributed by atoms with Crippen LogP contribution in [0.25, 0.3) is 0 Å². The second-order valence-electron chi connectivity index (χ2n) is 19.0. The van der Waals surface area contributed by atoms with Gasteiger partial charge < -0.3 is 56.8 Å². The van der Waals surface area contributed by atoms with E-state index in [9.17, 15) is 0 Å². The molecule has 0 N–H and O–H groups in total. The SMILES string of the molecule is COc1cc2c(OC)cc1Cc1cc(OC)c(cc1OC)Cc1cc(OC)c(cc1OC)Cc1cc3c(cc1Oc1cncc(n1)OCCCCCCCCCCOc1cncc(n1)O3)Cc1cc(OC)c(cc1OC)C2. The molecule has 16 heteroatoms. The first-order chi connectivity index (χ1) is 37.7. The van der Waals surface area contributed by atoms with E-state index in [0.29, 0.717) is 115 Å². The van der Waals surface area contributed by atoms with Gasteiger partial charge in [-0.25, -0.2) is 0 Å². The van der Waals surface area contributed by atoms with Crippen LogP contribution in [0.2, 0.25) is 0 Å². The lowest BCUT2D eigenvalue weighted by molar-refractivity contribution is 0.284.